The van der Waals surface area contributed by atoms with E-state index in [1.807, 2.05) is 44.2 Å². The number of methoxy groups -OCH3 is 1. The predicted molar refractivity (Wildman–Crippen MR) is 121 cm³/mol. The molecule has 0 bridgehead atoms. The molecule has 0 saturated heterocycles. The molecule has 2 aromatic carbocycles. The largest absolute Gasteiger partial charge is 0.495 e. The summed E-state index contributed by atoms with van der Waals surface area (Å²) in [6.45, 7) is 3.61. The molecule has 2 rings (SSSR count). The molecule has 0 saturated carbocycles. The summed E-state index contributed by atoms with van der Waals surface area (Å²) in [7, 11) is -1.16. The van der Waals surface area contributed by atoms with Gasteiger partial charge in [-0.15, -0.1) is 0 Å². The van der Waals surface area contributed by atoms with Crippen molar-refractivity contribution in [2.24, 2.45) is 0 Å². The molecule has 0 aliphatic heterocycles. The minimum Gasteiger partial charge on any atom is -0.495 e. The third-order valence-corrected chi connectivity index (χ3v) is 6.85. The number of nitrogens with zero attached hydrogens (tertiary/aromatic N) is 1. The first-order chi connectivity index (χ1) is 15.2. The molecule has 0 radical (unpaired) electrons. The Morgan fingerprint density at radius 3 is 2.31 bits per heavy atom. The fourth-order valence-corrected chi connectivity index (χ4v) is 4.41. The van der Waals surface area contributed by atoms with E-state index in [9.17, 15) is 18.0 Å². The number of esters is 1. The molecule has 1 amide bonds. The molecule has 1 N–H and O–H groups in total. The predicted octanol–water partition coefficient (Wildman–Crippen LogP) is 2.98. The van der Waals surface area contributed by atoms with Crippen molar-refractivity contribution in [2.75, 3.05) is 20.8 Å². The second-order valence-corrected chi connectivity index (χ2v) is 9.28. The second-order valence-electron chi connectivity index (χ2n) is 7.27. The molecule has 0 aromatic heterocycles. The molecule has 0 aliphatic carbocycles. The Morgan fingerprint density at radius 2 is 1.72 bits per heavy atom. The molecule has 0 spiro atoms. The topological polar surface area (TPSA) is 102 Å². The highest BCUT2D eigenvalue weighted by atomic mass is 32.2. The molecule has 32 heavy (non-hydrogen) atoms. The number of amides is 1. The van der Waals surface area contributed by atoms with Gasteiger partial charge in [0.25, 0.3) is 5.91 Å². The molecule has 0 aliphatic rings. The lowest BCUT2D eigenvalue weighted by Crippen LogP contribution is -2.36. The first-order valence-electron chi connectivity index (χ1n) is 10.4. The van der Waals surface area contributed by atoms with Gasteiger partial charge in [0.05, 0.1) is 12.7 Å². The van der Waals surface area contributed by atoms with Gasteiger partial charge >= 0.3 is 5.97 Å². The van der Waals surface area contributed by atoms with E-state index in [0.29, 0.717) is 0 Å². The van der Waals surface area contributed by atoms with Crippen molar-refractivity contribution in [3.63, 3.8) is 0 Å². The van der Waals surface area contributed by atoms with Crippen LogP contribution < -0.4 is 10.1 Å². The summed E-state index contributed by atoms with van der Waals surface area (Å²) in [5, 5.41) is 2.78. The van der Waals surface area contributed by atoms with Gasteiger partial charge in [0, 0.05) is 19.6 Å². The number of benzene rings is 2. The van der Waals surface area contributed by atoms with Gasteiger partial charge in [0.15, 0.2) is 6.61 Å². The van der Waals surface area contributed by atoms with Gasteiger partial charge in [-0.25, -0.2) is 13.2 Å². The summed E-state index contributed by atoms with van der Waals surface area (Å²) in [5.41, 5.74) is 0.824. The zero-order chi connectivity index (χ0) is 23.7. The average molecular weight is 463 g/mol. The molecule has 174 valence electrons. The molecular weight excluding hydrogens is 432 g/mol. The highest BCUT2D eigenvalue weighted by molar-refractivity contribution is 7.89. The average Bonchev–Trinajstić information content (AvgIpc) is 2.81. The van der Waals surface area contributed by atoms with E-state index < -0.39 is 28.5 Å². The van der Waals surface area contributed by atoms with Gasteiger partial charge < -0.3 is 14.8 Å². The highest BCUT2D eigenvalue weighted by Crippen LogP contribution is 2.28. The normalized spacial score (nSPS) is 11.4. The molecule has 0 unspecified atom stereocenters. The Hall–Kier alpha value is -2.91. The van der Waals surface area contributed by atoms with Gasteiger partial charge in [-0.1, -0.05) is 44.2 Å². The van der Waals surface area contributed by atoms with Gasteiger partial charge in [0.1, 0.15) is 10.6 Å². The number of rotatable bonds is 11. The van der Waals surface area contributed by atoms with Crippen molar-refractivity contribution in [1.29, 1.82) is 0 Å². The summed E-state index contributed by atoms with van der Waals surface area (Å²) in [4.78, 5) is 24.3. The minimum absolute atomic E-state index is 0.00724. The molecule has 0 heterocycles. The van der Waals surface area contributed by atoms with Crippen molar-refractivity contribution in [1.82, 2.24) is 9.62 Å². The smallest absolute Gasteiger partial charge is 0.338 e. The lowest BCUT2D eigenvalue weighted by molar-refractivity contribution is -0.125. The third kappa shape index (κ3) is 6.54. The van der Waals surface area contributed by atoms with Crippen LogP contribution in [0.25, 0.3) is 0 Å². The number of sulfonamides is 1. The van der Waals surface area contributed by atoms with Gasteiger partial charge in [0.2, 0.25) is 10.0 Å². The summed E-state index contributed by atoms with van der Waals surface area (Å²) in [6.07, 6.45) is 1.54. The summed E-state index contributed by atoms with van der Waals surface area (Å²) in [6, 6.07) is 13.2. The number of carbonyl (C=O) groups excluding carboxylic acids is 2. The standard InChI is InChI=1S/C23H30N2O6S/c1-5-19(6-2)24-22(26)16-31-23(27)18-12-13-20(30-4)21(14-18)32(28,29)25(3)15-17-10-8-7-9-11-17/h7-14,19H,5-6,15-16H2,1-4H3,(H,24,26). The molecule has 0 atom stereocenters. The second kappa shape index (κ2) is 11.6. The van der Waals surface area contributed by atoms with E-state index in [1.54, 1.807) is 0 Å². The molecular formula is C23H30N2O6S. The number of carbonyl (C=O) groups is 2. The van der Waals surface area contributed by atoms with Gasteiger partial charge in [-0.3, -0.25) is 4.79 Å². The van der Waals surface area contributed by atoms with Crippen LogP contribution >= 0.6 is 0 Å². The van der Waals surface area contributed by atoms with Crippen LogP contribution in [0.1, 0.15) is 42.6 Å². The Kier molecular flexibility index (Phi) is 9.22. The lowest BCUT2D eigenvalue weighted by Gasteiger charge is -2.19. The van der Waals surface area contributed by atoms with Crippen LogP contribution in [-0.4, -0.2) is 51.4 Å². The molecule has 9 heteroatoms. The first-order valence-corrected chi connectivity index (χ1v) is 11.8. The van der Waals surface area contributed by atoms with Crippen molar-refractivity contribution < 1.29 is 27.5 Å². The fraction of sp³-hybridized carbons (Fsp3) is 0.391. The number of hydrogen-bond acceptors (Lipinski definition) is 6. The van der Waals surface area contributed by atoms with E-state index in [0.717, 1.165) is 18.4 Å². The van der Waals surface area contributed by atoms with E-state index >= 15 is 0 Å². The lowest BCUT2D eigenvalue weighted by atomic mass is 10.2. The summed E-state index contributed by atoms with van der Waals surface area (Å²) in [5.74, 6) is -1.10. The van der Waals surface area contributed by atoms with E-state index in [1.165, 1.54) is 36.7 Å². The van der Waals surface area contributed by atoms with Crippen LogP contribution in [0.3, 0.4) is 0 Å². The van der Waals surface area contributed by atoms with Crippen LogP contribution in [0.4, 0.5) is 0 Å². The zero-order valence-corrected chi connectivity index (χ0v) is 19.6. The quantitative estimate of drug-likeness (QED) is 0.515. The van der Waals surface area contributed by atoms with Crippen molar-refractivity contribution >= 4 is 21.9 Å². The van der Waals surface area contributed by atoms with Crippen LogP contribution in [0.2, 0.25) is 0 Å². The monoisotopic (exact) mass is 462 g/mol. The fourth-order valence-electron chi connectivity index (χ4n) is 3.08. The Morgan fingerprint density at radius 1 is 1.06 bits per heavy atom. The van der Waals surface area contributed by atoms with Gasteiger partial charge in [-0.2, -0.15) is 4.31 Å². The number of hydrogen-bond donors (Lipinski definition) is 1. The van der Waals surface area contributed by atoms with Crippen LogP contribution in [0.15, 0.2) is 53.4 Å². The molecule has 8 nitrogen and oxygen atoms in total. The Labute approximate surface area is 189 Å². The maximum atomic E-state index is 13.2. The summed E-state index contributed by atoms with van der Waals surface area (Å²) >= 11 is 0. The molecule has 2 aromatic rings. The van der Waals surface area contributed by atoms with E-state index in [-0.39, 0.29) is 28.8 Å². The SMILES string of the molecule is CCC(CC)NC(=O)COC(=O)c1ccc(OC)c(S(=O)(=O)N(C)Cc2ccccc2)c1. The zero-order valence-electron chi connectivity index (χ0n) is 18.8. The van der Waals surface area contributed by atoms with Crippen LogP contribution in [-0.2, 0) is 26.1 Å². The number of nitrogens with one attached hydrogen (secondary N) is 1. The highest BCUT2D eigenvalue weighted by Gasteiger charge is 2.27. The number of ether oxygens (including phenoxy) is 2. The van der Waals surface area contributed by atoms with Crippen LogP contribution in [0, 0.1) is 0 Å². The maximum Gasteiger partial charge on any atom is 0.338 e. The van der Waals surface area contributed by atoms with E-state index in [2.05, 4.69) is 5.32 Å². The first kappa shape index (κ1) is 25.4. The summed E-state index contributed by atoms with van der Waals surface area (Å²) < 4.78 is 37.8. The van der Waals surface area contributed by atoms with Gasteiger partial charge in [-0.05, 0) is 36.6 Å². The van der Waals surface area contributed by atoms with Crippen molar-refractivity contribution in [2.45, 2.75) is 44.2 Å². The maximum absolute atomic E-state index is 13.2. The Bertz CT molecular complexity index is 1020. The van der Waals surface area contributed by atoms with E-state index in [4.69, 9.17) is 9.47 Å². The third-order valence-electron chi connectivity index (χ3n) is 5.02. The van der Waals surface area contributed by atoms with Crippen molar-refractivity contribution in [3.8, 4) is 5.75 Å². The minimum atomic E-state index is -3.97. The Balaban J connectivity index is 2.18. The van der Waals surface area contributed by atoms with Crippen molar-refractivity contribution in [3.05, 3.63) is 59.7 Å². The van der Waals surface area contributed by atoms with Crippen LogP contribution in [0.5, 0.6) is 5.75 Å². The molecule has 0 fully saturated rings.